The third-order valence-electron chi connectivity index (χ3n) is 4.90. The molecule has 2 unspecified atom stereocenters. The molecule has 26 heavy (non-hydrogen) atoms. The number of ether oxygens (including phenoxy) is 2. The standard InChI is InChI=1S/C20H33N3O2.HI/c1-5-25-15-17-11-13-23(14-17)20(21-3)22-12-10-16(2)18-6-8-19(24-4)9-7-18;/h6-9,16-17H,5,10-15H2,1-4H3,(H,21,22);1H. The van der Waals surface area contributed by atoms with E-state index in [1.807, 2.05) is 19.2 Å². The van der Waals surface area contributed by atoms with Crippen LogP contribution >= 0.6 is 24.0 Å². The number of rotatable bonds is 8. The minimum Gasteiger partial charge on any atom is -0.497 e. The van der Waals surface area contributed by atoms with Crippen LogP contribution in [-0.4, -0.2) is 57.9 Å². The van der Waals surface area contributed by atoms with E-state index in [4.69, 9.17) is 9.47 Å². The molecule has 1 saturated heterocycles. The van der Waals surface area contributed by atoms with E-state index in [9.17, 15) is 0 Å². The lowest BCUT2D eigenvalue weighted by Crippen LogP contribution is -2.40. The van der Waals surface area contributed by atoms with E-state index in [1.165, 1.54) is 12.0 Å². The van der Waals surface area contributed by atoms with Crippen LogP contribution in [0.5, 0.6) is 5.75 Å². The molecule has 0 bridgehead atoms. The molecule has 1 N–H and O–H groups in total. The molecule has 6 heteroatoms. The summed E-state index contributed by atoms with van der Waals surface area (Å²) in [6.07, 6.45) is 2.25. The zero-order valence-electron chi connectivity index (χ0n) is 16.5. The first kappa shape index (κ1) is 23.0. The molecule has 2 rings (SSSR count). The van der Waals surface area contributed by atoms with Crippen molar-refractivity contribution in [2.45, 2.75) is 32.6 Å². The van der Waals surface area contributed by atoms with Crippen LogP contribution in [-0.2, 0) is 4.74 Å². The van der Waals surface area contributed by atoms with Crippen molar-refractivity contribution >= 4 is 29.9 Å². The van der Waals surface area contributed by atoms with Gasteiger partial charge >= 0.3 is 0 Å². The third-order valence-corrected chi connectivity index (χ3v) is 4.90. The molecule has 1 fully saturated rings. The predicted octanol–water partition coefficient (Wildman–Crippen LogP) is 3.74. The van der Waals surface area contributed by atoms with Crippen LogP contribution in [0, 0.1) is 5.92 Å². The van der Waals surface area contributed by atoms with Gasteiger partial charge in [-0.1, -0.05) is 19.1 Å². The Morgan fingerprint density at radius 2 is 2.08 bits per heavy atom. The highest BCUT2D eigenvalue weighted by atomic mass is 127. The second-order valence-electron chi connectivity index (χ2n) is 6.70. The average Bonchev–Trinajstić information content (AvgIpc) is 3.12. The Balaban J connectivity index is 0.00000338. The van der Waals surface area contributed by atoms with E-state index >= 15 is 0 Å². The summed E-state index contributed by atoms with van der Waals surface area (Å²) in [6.45, 7) is 8.99. The van der Waals surface area contributed by atoms with Crippen molar-refractivity contribution in [1.82, 2.24) is 10.2 Å². The van der Waals surface area contributed by atoms with Gasteiger partial charge in [-0.15, -0.1) is 24.0 Å². The maximum atomic E-state index is 5.56. The Labute approximate surface area is 175 Å². The highest BCUT2D eigenvalue weighted by molar-refractivity contribution is 14.0. The fraction of sp³-hybridized carbons (Fsp3) is 0.650. The van der Waals surface area contributed by atoms with Gasteiger partial charge in [0, 0.05) is 39.2 Å². The van der Waals surface area contributed by atoms with Crippen LogP contribution in [0.3, 0.4) is 0 Å². The summed E-state index contributed by atoms with van der Waals surface area (Å²) >= 11 is 0. The van der Waals surface area contributed by atoms with Gasteiger partial charge in [-0.2, -0.15) is 0 Å². The molecule has 1 heterocycles. The molecular formula is C20H34IN3O2. The first-order valence-corrected chi connectivity index (χ1v) is 9.35. The molecule has 148 valence electrons. The van der Waals surface area contributed by atoms with Crippen molar-refractivity contribution in [2.75, 3.05) is 47.0 Å². The minimum absolute atomic E-state index is 0. The predicted molar refractivity (Wildman–Crippen MR) is 119 cm³/mol. The van der Waals surface area contributed by atoms with Gasteiger partial charge in [0.25, 0.3) is 0 Å². The highest BCUT2D eigenvalue weighted by Crippen LogP contribution is 2.21. The summed E-state index contributed by atoms with van der Waals surface area (Å²) in [4.78, 5) is 6.80. The zero-order valence-corrected chi connectivity index (χ0v) is 18.9. The number of benzene rings is 1. The SMILES string of the molecule is CCOCC1CCN(C(=NC)NCCC(C)c2ccc(OC)cc2)C1.I. The van der Waals surface area contributed by atoms with Crippen LogP contribution in [0.15, 0.2) is 29.3 Å². The van der Waals surface area contributed by atoms with Crippen LogP contribution in [0.1, 0.15) is 38.2 Å². The van der Waals surface area contributed by atoms with Crippen molar-refractivity contribution in [3.8, 4) is 5.75 Å². The number of methoxy groups -OCH3 is 1. The minimum atomic E-state index is 0. The fourth-order valence-corrected chi connectivity index (χ4v) is 3.28. The number of likely N-dealkylation sites (tertiary alicyclic amines) is 1. The largest absolute Gasteiger partial charge is 0.497 e. The van der Waals surface area contributed by atoms with Crippen LogP contribution < -0.4 is 10.1 Å². The van der Waals surface area contributed by atoms with Crippen LogP contribution in [0.2, 0.25) is 0 Å². The van der Waals surface area contributed by atoms with Gasteiger partial charge in [0.1, 0.15) is 5.75 Å². The van der Waals surface area contributed by atoms with Crippen LogP contribution in [0.4, 0.5) is 0 Å². The number of hydrogen-bond acceptors (Lipinski definition) is 3. The Hall–Kier alpha value is -1.02. The normalized spacial score (nSPS) is 18.4. The van der Waals surface area contributed by atoms with E-state index < -0.39 is 0 Å². The van der Waals surface area contributed by atoms with E-state index in [0.717, 1.165) is 51.0 Å². The molecule has 1 aliphatic rings. The first-order chi connectivity index (χ1) is 12.2. The lowest BCUT2D eigenvalue weighted by Gasteiger charge is -2.22. The number of nitrogens with one attached hydrogen (secondary N) is 1. The number of halogens is 1. The van der Waals surface area contributed by atoms with E-state index in [-0.39, 0.29) is 24.0 Å². The van der Waals surface area contributed by atoms with Crippen molar-refractivity contribution in [1.29, 1.82) is 0 Å². The molecule has 0 aromatic heterocycles. The zero-order chi connectivity index (χ0) is 18.1. The topological polar surface area (TPSA) is 46.1 Å². The number of guanidine groups is 1. The highest BCUT2D eigenvalue weighted by Gasteiger charge is 2.24. The Morgan fingerprint density at radius 3 is 2.69 bits per heavy atom. The molecule has 0 aliphatic carbocycles. The van der Waals surface area contributed by atoms with Crippen molar-refractivity contribution in [3.63, 3.8) is 0 Å². The average molecular weight is 475 g/mol. The van der Waals surface area contributed by atoms with Crippen molar-refractivity contribution in [3.05, 3.63) is 29.8 Å². The second kappa shape index (κ2) is 12.4. The molecule has 2 atom stereocenters. The molecule has 0 amide bonds. The number of nitrogens with zero attached hydrogens (tertiary/aromatic N) is 2. The summed E-state index contributed by atoms with van der Waals surface area (Å²) in [6, 6.07) is 8.36. The fourth-order valence-electron chi connectivity index (χ4n) is 3.28. The van der Waals surface area contributed by atoms with Crippen LogP contribution in [0.25, 0.3) is 0 Å². The molecule has 0 radical (unpaired) electrons. The summed E-state index contributed by atoms with van der Waals surface area (Å²) in [7, 11) is 3.57. The van der Waals surface area contributed by atoms with Gasteiger partial charge in [0.05, 0.1) is 13.7 Å². The lowest BCUT2D eigenvalue weighted by molar-refractivity contribution is 0.114. The van der Waals surface area contributed by atoms with Gasteiger partial charge in [0.2, 0.25) is 0 Å². The Bertz CT molecular complexity index is 536. The van der Waals surface area contributed by atoms with E-state index in [2.05, 4.69) is 41.2 Å². The van der Waals surface area contributed by atoms with Gasteiger partial charge in [-0.05, 0) is 43.4 Å². The monoisotopic (exact) mass is 475 g/mol. The molecule has 5 nitrogen and oxygen atoms in total. The summed E-state index contributed by atoms with van der Waals surface area (Å²) in [5.74, 6) is 3.04. The molecule has 1 aromatic carbocycles. The summed E-state index contributed by atoms with van der Waals surface area (Å²) in [5, 5.41) is 3.52. The number of hydrogen-bond donors (Lipinski definition) is 1. The van der Waals surface area contributed by atoms with Gasteiger partial charge in [0.15, 0.2) is 5.96 Å². The second-order valence-corrected chi connectivity index (χ2v) is 6.70. The molecule has 0 saturated carbocycles. The molecule has 0 spiro atoms. The third kappa shape index (κ3) is 6.95. The Kier molecular flexibility index (Phi) is 11.0. The van der Waals surface area contributed by atoms with Crippen molar-refractivity contribution in [2.24, 2.45) is 10.9 Å². The van der Waals surface area contributed by atoms with Gasteiger partial charge < -0.3 is 19.7 Å². The molecule has 1 aromatic rings. The quantitative estimate of drug-likeness (QED) is 0.354. The summed E-state index contributed by atoms with van der Waals surface area (Å²) in [5.41, 5.74) is 1.34. The first-order valence-electron chi connectivity index (χ1n) is 9.35. The maximum absolute atomic E-state index is 5.56. The molecular weight excluding hydrogens is 441 g/mol. The number of aliphatic imine (C=N–C) groups is 1. The van der Waals surface area contributed by atoms with Crippen molar-refractivity contribution < 1.29 is 9.47 Å². The smallest absolute Gasteiger partial charge is 0.193 e. The summed E-state index contributed by atoms with van der Waals surface area (Å²) < 4.78 is 10.8. The maximum Gasteiger partial charge on any atom is 0.193 e. The van der Waals surface area contributed by atoms with E-state index in [1.54, 1.807) is 7.11 Å². The van der Waals surface area contributed by atoms with Gasteiger partial charge in [-0.25, -0.2) is 0 Å². The Morgan fingerprint density at radius 1 is 1.35 bits per heavy atom. The molecule has 1 aliphatic heterocycles. The lowest BCUT2D eigenvalue weighted by atomic mass is 9.98. The van der Waals surface area contributed by atoms with Gasteiger partial charge in [-0.3, -0.25) is 4.99 Å². The van der Waals surface area contributed by atoms with E-state index in [0.29, 0.717) is 11.8 Å².